The van der Waals surface area contributed by atoms with Gasteiger partial charge in [-0.15, -0.1) is 0 Å². The van der Waals surface area contributed by atoms with Crippen molar-refractivity contribution >= 4 is 24.3 Å². The number of piperidine rings is 1. The fourth-order valence-corrected chi connectivity index (χ4v) is 4.90. The molecule has 4 heterocycles. The molecule has 8 nitrogen and oxygen atoms in total. The van der Waals surface area contributed by atoms with E-state index in [1.165, 1.54) is 11.1 Å². The maximum atomic E-state index is 12.2. The zero-order valence-corrected chi connectivity index (χ0v) is 16.3. The second-order valence-electron chi connectivity index (χ2n) is 7.40. The van der Waals surface area contributed by atoms with Crippen LogP contribution in [-0.2, 0) is 34.8 Å². The lowest BCUT2D eigenvalue weighted by molar-refractivity contribution is -0.118. The van der Waals surface area contributed by atoms with Crippen molar-refractivity contribution < 1.29 is 28.1 Å². The minimum atomic E-state index is -0.222. The number of fused-ring (bicyclic) bond motifs is 3. The van der Waals surface area contributed by atoms with Crippen molar-refractivity contribution in [3.63, 3.8) is 0 Å². The molecular formula is C19H24N2O6S. The van der Waals surface area contributed by atoms with Gasteiger partial charge >= 0.3 is 0 Å². The summed E-state index contributed by atoms with van der Waals surface area (Å²) in [6.07, 6.45) is 2.34. The average molecular weight is 408 g/mol. The van der Waals surface area contributed by atoms with Crippen LogP contribution in [0.3, 0.4) is 0 Å². The van der Waals surface area contributed by atoms with Crippen LogP contribution in [0, 0.1) is 0 Å². The smallest absolute Gasteiger partial charge is 0.295 e. The number of hydrogen-bond acceptors (Lipinski definition) is 7. The SMILES string of the molecule is O.O=C1CC[C@@H]2OSO[C@@H]2COC(N2CCC3(CC2)OCc2ccccc23)=N1. The lowest BCUT2D eigenvalue weighted by atomic mass is 9.84. The van der Waals surface area contributed by atoms with Gasteiger partial charge in [-0.3, -0.25) is 13.2 Å². The van der Waals surface area contributed by atoms with E-state index in [1.54, 1.807) is 0 Å². The number of amides is 1. The number of likely N-dealkylation sites (tertiary alicyclic amines) is 1. The average Bonchev–Trinajstić information content (AvgIpc) is 3.30. The van der Waals surface area contributed by atoms with Gasteiger partial charge in [0.05, 0.1) is 12.2 Å². The number of carbonyl (C=O) groups excluding carboxylic acids is 1. The van der Waals surface area contributed by atoms with Gasteiger partial charge in [0.15, 0.2) is 12.3 Å². The third-order valence-electron chi connectivity index (χ3n) is 5.83. The molecule has 1 aromatic rings. The van der Waals surface area contributed by atoms with E-state index in [4.69, 9.17) is 17.8 Å². The Kier molecular flexibility index (Phi) is 5.62. The van der Waals surface area contributed by atoms with Crippen molar-refractivity contribution in [1.82, 2.24) is 4.90 Å². The van der Waals surface area contributed by atoms with Crippen LogP contribution in [0.5, 0.6) is 0 Å². The Hall–Kier alpha value is -1.65. The van der Waals surface area contributed by atoms with Crippen LogP contribution in [0.4, 0.5) is 0 Å². The predicted molar refractivity (Wildman–Crippen MR) is 102 cm³/mol. The summed E-state index contributed by atoms with van der Waals surface area (Å²) in [6, 6.07) is 8.85. The molecule has 5 rings (SSSR count). The molecule has 2 saturated heterocycles. The molecule has 4 aliphatic rings. The first-order chi connectivity index (χ1) is 13.2. The highest BCUT2D eigenvalue weighted by Crippen LogP contribution is 2.44. The fourth-order valence-electron chi connectivity index (χ4n) is 4.25. The van der Waals surface area contributed by atoms with Crippen molar-refractivity contribution in [2.45, 2.75) is 50.1 Å². The first kappa shape index (κ1) is 19.7. The molecule has 0 unspecified atom stereocenters. The van der Waals surface area contributed by atoms with E-state index in [0.29, 0.717) is 32.1 Å². The zero-order chi connectivity index (χ0) is 18.3. The first-order valence-electron chi connectivity index (χ1n) is 9.44. The van der Waals surface area contributed by atoms with E-state index in [0.717, 1.165) is 38.3 Å². The van der Waals surface area contributed by atoms with Crippen molar-refractivity contribution in [3.05, 3.63) is 35.4 Å². The number of carbonyl (C=O) groups is 1. The zero-order valence-electron chi connectivity index (χ0n) is 15.5. The molecule has 4 aliphatic heterocycles. The van der Waals surface area contributed by atoms with Crippen molar-refractivity contribution in [2.75, 3.05) is 19.7 Å². The first-order valence-corrected chi connectivity index (χ1v) is 10.1. The van der Waals surface area contributed by atoms with Crippen LogP contribution >= 0.6 is 12.3 Å². The van der Waals surface area contributed by atoms with Crippen molar-refractivity contribution in [1.29, 1.82) is 0 Å². The number of rotatable bonds is 0. The highest BCUT2D eigenvalue weighted by molar-refractivity contribution is 7.90. The lowest BCUT2D eigenvalue weighted by Crippen LogP contribution is -2.46. The molecule has 2 N–H and O–H groups in total. The van der Waals surface area contributed by atoms with Crippen LogP contribution in [-0.4, -0.2) is 54.2 Å². The van der Waals surface area contributed by atoms with Gasteiger partial charge in [-0.05, 0) is 30.4 Å². The van der Waals surface area contributed by atoms with Gasteiger partial charge in [-0.25, -0.2) is 0 Å². The number of amidine groups is 1. The molecule has 0 aliphatic carbocycles. The van der Waals surface area contributed by atoms with E-state index in [-0.39, 0.29) is 29.2 Å². The summed E-state index contributed by atoms with van der Waals surface area (Å²) in [6.45, 7) is 2.48. The highest BCUT2D eigenvalue weighted by atomic mass is 32.2. The molecule has 28 heavy (non-hydrogen) atoms. The van der Waals surface area contributed by atoms with Crippen molar-refractivity contribution in [2.24, 2.45) is 4.99 Å². The number of ether oxygens (including phenoxy) is 2. The molecule has 0 saturated carbocycles. The summed E-state index contributed by atoms with van der Waals surface area (Å²) in [5.41, 5.74) is 2.36. The van der Waals surface area contributed by atoms with Gasteiger partial charge in [0.1, 0.15) is 18.8 Å². The Labute approximate surface area is 167 Å². The Morgan fingerprint density at radius 1 is 1.14 bits per heavy atom. The minimum absolute atomic E-state index is 0. The van der Waals surface area contributed by atoms with E-state index < -0.39 is 0 Å². The summed E-state index contributed by atoms with van der Waals surface area (Å²) in [5, 5.41) is 0. The lowest BCUT2D eigenvalue weighted by Gasteiger charge is -2.40. The van der Waals surface area contributed by atoms with Crippen LogP contribution in [0.25, 0.3) is 0 Å². The van der Waals surface area contributed by atoms with Gasteiger partial charge < -0.3 is 19.8 Å². The second-order valence-corrected chi connectivity index (χ2v) is 7.92. The van der Waals surface area contributed by atoms with E-state index in [2.05, 4.69) is 34.2 Å². The van der Waals surface area contributed by atoms with E-state index in [1.807, 2.05) is 0 Å². The quantitative estimate of drug-likeness (QED) is 0.603. The van der Waals surface area contributed by atoms with Crippen LogP contribution in [0.1, 0.15) is 36.8 Å². The molecular weight excluding hydrogens is 384 g/mol. The molecule has 2 fully saturated rings. The predicted octanol–water partition coefficient (Wildman–Crippen LogP) is 1.72. The normalized spacial score (nSPS) is 28.9. The largest absolute Gasteiger partial charge is 0.462 e. The third kappa shape index (κ3) is 3.53. The van der Waals surface area contributed by atoms with E-state index >= 15 is 0 Å². The fraction of sp³-hybridized carbons (Fsp3) is 0.579. The number of benzene rings is 1. The molecule has 1 aromatic carbocycles. The third-order valence-corrected chi connectivity index (χ3v) is 6.49. The Morgan fingerprint density at radius 2 is 1.93 bits per heavy atom. The molecule has 0 bridgehead atoms. The number of nitrogens with zero attached hydrogens (tertiary/aromatic N) is 2. The van der Waals surface area contributed by atoms with E-state index in [9.17, 15) is 4.79 Å². The molecule has 9 heteroatoms. The summed E-state index contributed by atoms with van der Waals surface area (Å²) in [7, 11) is 0. The Balaban J connectivity index is 0.00000192. The minimum Gasteiger partial charge on any atom is -0.462 e. The molecule has 1 amide bonds. The summed E-state index contributed by atoms with van der Waals surface area (Å²) < 4.78 is 23.1. The topological polar surface area (TPSA) is 101 Å². The molecule has 1 spiro atoms. The highest BCUT2D eigenvalue weighted by Gasteiger charge is 2.43. The summed E-state index contributed by atoms with van der Waals surface area (Å²) >= 11 is 0.988. The molecule has 2 atom stereocenters. The number of aliphatic imine (C=N–C) groups is 1. The summed E-state index contributed by atoms with van der Waals surface area (Å²) in [5.74, 6) is -0.172. The molecule has 0 radical (unpaired) electrons. The monoisotopic (exact) mass is 408 g/mol. The maximum Gasteiger partial charge on any atom is 0.295 e. The second kappa shape index (κ2) is 8.00. The van der Waals surface area contributed by atoms with Gasteiger partial charge in [-0.2, -0.15) is 4.99 Å². The Bertz CT molecular complexity index is 765. The molecule has 0 aromatic heterocycles. The molecule has 152 valence electrons. The van der Waals surface area contributed by atoms with Gasteiger partial charge in [-0.1, -0.05) is 24.3 Å². The maximum absolute atomic E-state index is 12.2. The van der Waals surface area contributed by atoms with Crippen LogP contribution in [0.15, 0.2) is 29.3 Å². The Morgan fingerprint density at radius 3 is 2.79 bits per heavy atom. The van der Waals surface area contributed by atoms with Gasteiger partial charge in [0.25, 0.3) is 6.02 Å². The number of hydrogen-bond donors (Lipinski definition) is 0. The van der Waals surface area contributed by atoms with Crippen LogP contribution in [0.2, 0.25) is 0 Å². The van der Waals surface area contributed by atoms with Crippen molar-refractivity contribution in [3.8, 4) is 0 Å². The standard InChI is InChI=1S/C19H22N2O5S.H2O/c22-17-6-5-15-16(26-27-25-15)12-23-18(20-17)21-9-7-19(8-10-21)14-4-2-1-3-13(14)11-24-19;/h1-4,15-16H,5-12H2;1H2/t15-,16+;/m0./s1. The van der Waals surface area contributed by atoms with Crippen LogP contribution < -0.4 is 0 Å². The summed E-state index contributed by atoms with van der Waals surface area (Å²) in [4.78, 5) is 18.5. The van der Waals surface area contributed by atoms with Gasteiger partial charge in [0, 0.05) is 19.5 Å². The van der Waals surface area contributed by atoms with Gasteiger partial charge in [0.2, 0.25) is 5.91 Å².